The highest BCUT2D eigenvalue weighted by Gasteiger charge is 2.16. The van der Waals surface area contributed by atoms with Crippen LogP contribution in [-0.2, 0) is 17.8 Å². The SMILES string of the molecule is Cc1ccc(-c2cnc(CCC(=O)N(CCN(C)C)Cc3ccccc3)o2)cc1. The van der Waals surface area contributed by atoms with Crippen LogP contribution < -0.4 is 0 Å². The third-order valence-electron chi connectivity index (χ3n) is 4.83. The predicted molar refractivity (Wildman–Crippen MR) is 115 cm³/mol. The number of amides is 1. The second-order valence-corrected chi connectivity index (χ2v) is 7.59. The van der Waals surface area contributed by atoms with Gasteiger partial charge in [-0.2, -0.15) is 0 Å². The van der Waals surface area contributed by atoms with Crippen molar-refractivity contribution in [1.82, 2.24) is 14.8 Å². The minimum atomic E-state index is 0.116. The highest BCUT2D eigenvalue weighted by Crippen LogP contribution is 2.21. The van der Waals surface area contributed by atoms with Crippen LogP contribution >= 0.6 is 0 Å². The average Bonchev–Trinajstić information content (AvgIpc) is 3.19. The van der Waals surface area contributed by atoms with Crippen LogP contribution in [0.25, 0.3) is 11.3 Å². The zero-order chi connectivity index (χ0) is 20.6. The van der Waals surface area contributed by atoms with Gasteiger partial charge in [-0.25, -0.2) is 4.98 Å². The van der Waals surface area contributed by atoms with E-state index in [1.54, 1.807) is 6.20 Å². The highest BCUT2D eigenvalue weighted by molar-refractivity contribution is 5.76. The molecule has 1 amide bonds. The van der Waals surface area contributed by atoms with E-state index in [1.807, 2.05) is 61.5 Å². The minimum Gasteiger partial charge on any atom is -0.441 e. The number of rotatable bonds is 9. The van der Waals surface area contributed by atoms with Crippen LogP contribution in [0.15, 0.2) is 65.2 Å². The van der Waals surface area contributed by atoms with Crippen molar-refractivity contribution in [2.75, 3.05) is 27.2 Å². The third-order valence-corrected chi connectivity index (χ3v) is 4.83. The van der Waals surface area contributed by atoms with Crippen LogP contribution in [0.2, 0.25) is 0 Å². The van der Waals surface area contributed by atoms with Crippen LogP contribution in [0.4, 0.5) is 0 Å². The monoisotopic (exact) mass is 391 g/mol. The summed E-state index contributed by atoms with van der Waals surface area (Å²) >= 11 is 0. The molecule has 0 spiro atoms. The van der Waals surface area contributed by atoms with Crippen molar-refractivity contribution in [1.29, 1.82) is 0 Å². The standard InChI is InChI=1S/C24H29N3O2/c1-19-9-11-21(12-10-19)22-17-25-23(29-22)13-14-24(28)27(16-15-26(2)3)18-20-7-5-4-6-8-20/h4-12,17H,13-16,18H2,1-3H3. The quantitative estimate of drug-likeness (QED) is 0.549. The van der Waals surface area contributed by atoms with Gasteiger partial charge in [-0.1, -0.05) is 60.2 Å². The van der Waals surface area contributed by atoms with Gasteiger partial charge in [0.1, 0.15) is 0 Å². The molecule has 1 heterocycles. The van der Waals surface area contributed by atoms with Crippen LogP contribution in [0.3, 0.4) is 0 Å². The molecule has 29 heavy (non-hydrogen) atoms. The fourth-order valence-electron chi connectivity index (χ4n) is 3.07. The maximum absolute atomic E-state index is 12.9. The third kappa shape index (κ3) is 6.29. The molecule has 0 saturated heterocycles. The van der Waals surface area contributed by atoms with Gasteiger partial charge in [0.15, 0.2) is 11.7 Å². The minimum absolute atomic E-state index is 0.116. The molecular formula is C24H29N3O2. The van der Waals surface area contributed by atoms with Crippen LogP contribution in [-0.4, -0.2) is 47.9 Å². The molecule has 1 aromatic heterocycles. The molecule has 0 fully saturated rings. The fraction of sp³-hybridized carbons (Fsp3) is 0.333. The van der Waals surface area contributed by atoms with E-state index in [9.17, 15) is 4.79 Å². The summed E-state index contributed by atoms with van der Waals surface area (Å²) in [6.07, 6.45) is 2.62. The Morgan fingerprint density at radius 1 is 1.00 bits per heavy atom. The fourth-order valence-corrected chi connectivity index (χ4v) is 3.07. The zero-order valence-electron chi connectivity index (χ0n) is 17.5. The molecule has 5 heteroatoms. The predicted octanol–water partition coefficient (Wildman–Crippen LogP) is 4.17. The number of aromatic nitrogens is 1. The Kier molecular flexibility index (Phi) is 7.19. The molecule has 0 N–H and O–H groups in total. The molecule has 0 saturated carbocycles. The molecule has 0 aliphatic carbocycles. The molecule has 3 aromatic rings. The Balaban J connectivity index is 1.61. The summed E-state index contributed by atoms with van der Waals surface area (Å²) in [6.45, 7) is 4.20. The number of aryl methyl sites for hydroxylation is 2. The summed E-state index contributed by atoms with van der Waals surface area (Å²) in [4.78, 5) is 21.3. The first-order valence-corrected chi connectivity index (χ1v) is 9.99. The Morgan fingerprint density at radius 2 is 1.72 bits per heavy atom. The lowest BCUT2D eigenvalue weighted by molar-refractivity contribution is -0.132. The van der Waals surface area contributed by atoms with Crippen molar-refractivity contribution in [3.05, 3.63) is 77.8 Å². The number of carbonyl (C=O) groups is 1. The van der Waals surface area contributed by atoms with E-state index in [2.05, 4.69) is 28.9 Å². The van der Waals surface area contributed by atoms with E-state index in [0.717, 1.165) is 23.4 Å². The van der Waals surface area contributed by atoms with Gasteiger partial charge in [-0.05, 0) is 26.6 Å². The van der Waals surface area contributed by atoms with Gasteiger partial charge >= 0.3 is 0 Å². The number of benzene rings is 2. The summed E-state index contributed by atoms with van der Waals surface area (Å²) < 4.78 is 5.87. The average molecular weight is 392 g/mol. The summed E-state index contributed by atoms with van der Waals surface area (Å²) in [7, 11) is 4.04. The molecule has 152 valence electrons. The molecule has 0 aliphatic rings. The lowest BCUT2D eigenvalue weighted by Gasteiger charge is -2.24. The van der Waals surface area contributed by atoms with Crippen LogP contribution in [0.1, 0.15) is 23.4 Å². The molecule has 0 radical (unpaired) electrons. The molecule has 2 aromatic carbocycles. The molecular weight excluding hydrogens is 362 g/mol. The number of carbonyl (C=O) groups excluding carboxylic acids is 1. The normalized spacial score (nSPS) is 11.0. The second-order valence-electron chi connectivity index (χ2n) is 7.59. The Hall–Kier alpha value is -2.92. The zero-order valence-corrected chi connectivity index (χ0v) is 17.5. The van der Waals surface area contributed by atoms with E-state index < -0.39 is 0 Å². The second kappa shape index (κ2) is 10.0. The maximum Gasteiger partial charge on any atom is 0.223 e. The van der Waals surface area contributed by atoms with Crippen molar-refractivity contribution in [2.24, 2.45) is 0 Å². The first kappa shape index (κ1) is 20.8. The largest absolute Gasteiger partial charge is 0.441 e. The number of hydrogen-bond donors (Lipinski definition) is 0. The lowest BCUT2D eigenvalue weighted by Crippen LogP contribution is -2.36. The van der Waals surface area contributed by atoms with Gasteiger partial charge in [0.05, 0.1) is 6.20 Å². The van der Waals surface area contributed by atoms with Gasteiger partial charge in [-0.15, -0.1) is 0 Å². The van der Waals surface area contributed by atoms with Crippen molar-refractivity contribution in [3.63, 3.8) is 0 Å². The smallest absolute Gasteiger partial charge is 0.223 e. The van der Waals surface area contributed by atoms with Crippen molar-refractivity contribution < 1.29 is 9.21 Å². The van der Waals surface area contributed by atoms with Gasteiger partial charge in [0.25, 0.3) is 0 Å². The molecule has 0 unspecified atom stereocenters. The van der Waals surface area contributed by atoms with E-state index >= 15 is 0 Å². The number of oxazole rings is 1. The Bertz CT molecular complexity index is 901. The van der Waals surface area contributed by atoms with E-state index in [-0.39, 0.29) is 5.91 Å². The van der Waals surface area contributed by atoms with E-state index in [4.69, 9.17) is 4.42 Å². The van der Waals surface area contributed by atoms with Crippen molar-refractivity contribution in [2.45, 2.75) is 26.3 Å². The van der Waals surface area contributed by atoms with Gasteiger partial charge in [0, 0.05) is 38.0 Å². The number of likely N-dealkylation sites (N-methyl/N-ethyl adjacent to an activating group) is 1. The highest BCUT2D eigenvalue weighted by atomic mass is 16.4. The summed E-state index contributed by atoms with van der Waals surface area (Å²) in [5.41, 5.74) is 3.34. The number of hydrogen-bond acceptors (Lipinski definition) is 4. The van der Waals surface area contributed by atoms with Crippen molar-refractivity contribution in [3.8, 4) is 11.3 Å². The topological polar surface area (TPSA) is 49.6 Å². The first-order valence-electron chi connectivity index (χ1n) is 9.99. The first-order chi connectivity index (χ1) is 14.0. The van der Waals surface area contributed by atoms with Crippen molar-refractivity contribution >= 4 is 5.91 Å². The number of nitrogens with zero attached hydrogens (tertiary/aromatic N) is 3. The molecule has 5 nitrogen and oxygen atoms in total. The molecule has 0 atom stereocenters. The Labute approximate surface area is 173 Å². The van der Waals surface area contributed by atoms with Crippen LogP contribution in [0.5, 0.6) is 0 Å². The Morgan fingerprint density at radius 3 is 2.41 bits per heavy atom. The van der Waals surface area contributed by atoms with Crippen LogP contribution in [0, 0.1) is 6.92 Å². The molecule has 0 aliphatic heterocycles. The molecule has 0 bridgehead atoms. The maximum atomic E-state index is 12.9. The summed E-state index contributed by atoms with van der Waals surface area (Å²) in [5.74, 6) is 1.45. The summed E-state index contributed by atoms with van der Waals surface area (Å²) in [6, 6.07) is 18.2. The van der Waals surface area contributed by atoms with Gasteiger partial charge < -0.3 is 14.2 Å². The van der Waals surface area contributed by atoms with E-state index in [1.165, 1.54) is 5.56 Å². The lowest BCUT2D eigenvalue weighted by atomic mass is 10.1. The molecule has 3 rings (SSSR count). The summed E-state index contributed by atoms with van der Waals surface area (Å²) in [5, 5.41) is 0. The van der Waals surface area contributed by atoms with Gasteiger partial charge in [0.2, 0.25) is 5.91 Å². The van der Waals surface area contributed by atoms with E-state index in [0.29, 0.717) is 31.8 Å². The van der Waals surface area contributed by atoms with Gasteiger partial charge in [-0.3, -0.25) is 4.79 Å².